The van der Waals surface area contributed by atoms with E-state index >= 15 is 0 Å². The van der Waals surface area contributed by atoms with Crippen LogP contribution < -0.4 is 10.6 Å². The van der Waals surface area contributed by atoms with Crippen molar-refractivity contribution in [1.29, 1.82) is 0 Å². The first-order chi connectivity index (χ1) is 15.8. The van der Waals surface area contributed by atoms with Crippen molar-refractivity contribution < 1.29 is 19.1 Å². The third kappa shape index (κ3) is 6.15. The van der Waals surface area contributed by atoms with E-state index in [1.54, 1.807) is 59.7 Å². The number of nitrogens with one attached hydrogen (secondary N) is 2. The fourth-order valence-corrected chi connectivity index (χ4v) is 2.80. The molecule has 0 aliphatic rings. The number of fused-ring (bicyclic) bond motifs is 1. The zero-order valence-corrected chi connectivity index (χ0v) is 20.4. The number of nitrogens with zero attached hydrogens (tertiary/aromatic N) is 2. The Labute approximate surface area is 199 Å². The van der Waals surface area contributed by atoms with Crippen LogP contribution in [0.15, 0.2) is 48.5 Å². The number of amides is 2. The summed E-state index contributed by atoms with van der Waals surface area (Å²) >= 11 is 0. The molecule has 2 N–H and O–H groups in total. The third-order valence-corrected chi connectivity index (χ3v) is 4.96. The lowest BCUT2D eigenvalue weighted by Crippen LogP contribution is -2.30. The Morgan fingerprint density at radius 1 is 0.824 bits per heavy atom. The first-order valence-electron chi connectivity index (χ1n) is 11.0. The quantitative estimate of drug-likeness (QED) is 0.519. The van der Waals surface area contributed by atoms with Crippen LogP contribution in [0.3, 0.4) is 0 Å². The molecular formula is C26H30N4O4. The molecule has 2 aromatic carbocycles. The van der Waals surface area contributed by atoms with Gasteiger partial charge in [-0.05, 0) is 23.8 Å². The van der Waals surface area contributed by atoms with Crippen molar-refractivity contribution in [2.24, 2.45) is 10.8 Å². The van der Waals surface area contributed by atoms with Crippen molar-refractivity contribution in [3.63, 3.8) is 0 Å². The highest BCUT2D eigenvalue weighted by Gasteiger charge is 2.25. The van der Waals surface area contributed by atoms with Crippen molar-refractivity contribution in [2.45, 2.75) is 48.1 Å². The minimum absolute atomic E-state index is 0.0658. The number of hydrogen-bond donors (Lipinski definition) is 2. The molecule has 0 bridgehead atoms. The summed E-state index contributed by atoms with van der Waals surface area (Å²) in [6, 6.07) is 14.2. The molecule has 178 valence electrons. The van der Waals surface area contributed by atoms with Gasteiger partial charge in [-0.25, -0.2) is 9.78 Å². The fraction of sp³-hybridized carbons (Fsp3) is 0.346. The van der Waals surface area contributed by atoms with E-state index in [1.165, 1.54) is 0 Å². The normalized spacial score (nSPS) is 11.7. The Morgan fingerprint density at radius 3 is 2.06 bits per heavy atom. The molecule has 1 heterocycles. The molecule has 0 saturated carbocycles. The summed E-state index contributed by atoms with van der Waals surface area (Å²) in [5.74, 6) is -0.773. The van der Waals surface area contributed by atoms with Gasteiger partial charge < -0.3 is 10.1 Å². The Hall–Kier alpha value is -3.81. The lowest BCUT2D eigenvalue weighted by molar-refractivity contribution is -0.123. The zero-order chi connectivity index (χ0) is 25.1. The average Bonchev–Trinajstić information content (AvgIpc) is 2.76. The van der Waals surface area contributed by atoms with Gasteiger partial charge >= 0.3 is 5.97 Å². The summed E-state index contributed by atoms with van der Waals surface area (Å²) in [7, 11) is 0. The molecule has 8 heteroatoms. The number of hydrogen-bond acceptors (Lipinski definition) is 6. The Bertz CT molecular complexity index is 1230. The third-order valence-electron chi connectivity index (χ3n) is 4.96. The van der Waals surface area contributed by atoms with E-state index in [9.17, 15) is 14.4 Å². The fourth-order valence-electron chi connectivity index (χ4n) is 2.80. The number of rotatable bonds is 5. The molecule has 0 radical (unpaired) electrons. The summed E-state index contributed by atoms with van der Waals surface area (Å²) in [5, 5.41) is 5.96. The van der Waals surface area contributed by atoms with E-state index in [4.69, 9.17) is 4.74 Å². The van der Waals surface area contributed by atoms with Gasteiger partial charge in [-0.1, -0.05) is 71.9 Å². The van der Waals surface area contributed by atoms with Crippen molar-refractivity contribution in [3.8, 4) is 0 Å². The Balaban J connectivity index is 1.96. The molecule has 0 atom stereocenters. The van der Waals surface area contributed by atoms with E-state index < -0.39 is 16.8 Å². The van der Waals surface area contributed by atoms with Gasteiger partial charge in [-0.3, -0.25) is 14.9 Å². The molecule has 0 saturated heterocycles. The highest BCUT2D eigenvalue weighted by molar-refractivity contribution is 6.04. The number of benzene rings is 2. The topological polar surface area (TPSA) is 110 Å². The first kappa shape index (κ1) is 24.8. The number of esters is 1. The van der Waals surface area contributed by atoms with Gasteiger partial charge in [-0.15, -0.1) is 0 Å². The maximum Gasteiger partial charge on any atom is 0.338 e. The van der Waals surface area contributed by atoms with Crippen molar-refractivity contribution in [1.82, 2.24) is 9.97 Å². The standard InChI is InChI=1S/C26H30N4O4/c1-25(2,3)22(32)28-20-18-14-17(21(31)34-15-16-10-8-7-9-11-16)12-13-19(18)27-24(29-20)30-23(33)26(4,5)6/h7-14H,15H2,1-6H3,(H2,27,28,29,30,32,33). The lowest BCUT2D eigenvalue weighted by atomic mass is 9.95. The van der Waals surface area contributed by atoms with Crippen molar-refractivity contribution in [2.75, 3.05) is 10.6 Å². The van der Waals surface area contributed by atoms with Crippen LogP contribution in [-0.4, -0.2) is 27.8 Å². The summed E-state index contributed by atoms with van der Waals surface area (Å²) < 4.78 is 5.43. The monoisotopic (exact) mass is 462 g/mol. The summed E-state index contributed by atoms with van der Waals surface area (Å²) in [5.41, 5.74) is 0.294. The highest BCUT2D eigenvalue weighted by atomic mass is 16.5. The molecular weight excluding hydrogens is 432 g/mol. The molecule has 8 nitrogen and oxygen atoms in total. The van der Waals surface area contributed by atoms with Crippen LogP contribution in [0.4, 0.5) is 11.8 Å². The second-order valence-electron chi connectivity index (χ2n) is 10.1. The average molecular weight is 463 g/mol. The summed E-state index contributed by atoms with van der Waals surface area (Å²) in [6.45, 7) is 10.8. The largest absolute Gasteiger partial charge is 0.457 e. The molecule has 2 amide bonds. The Kier molecular flexibility index (Phi) is 7.00. The molecule has 34 heavy (non-hydrogen) atoms. The number of anilines is 2. The molecule has 1 aromatic heterocycles. The number of ether oxygens (including phenoxy) is 1. The predicted octanol–water partition coefficient (Wildman–Crippen LogP) is 4.96. The van der Waals surface area contributed by atoms with Crippen LogP contribution in [0.25, 0.3) is 10.9 Å². The molecule has 0 aliphatic carbocycles. The van der Waals surface area contributed by atoms with E-state index in [2.05, 4.69) is 20.6 Å². The Morgan fingerprint density at radius 2 is 1.44 bits per heavy atom. The van der Waals surface area contributed by atoms with Crippen LogP contribution in [0, 0.1) is 10.8 Å². The highest BCUT2D eigenvalue weighted by Crippen LogP contribution is 2.27. The van der Waals surface area contributed by atoms with Crippen molar-refractivity contribution >= 4 is 40.5 Å². The van der Waals surface area contributed by atoms with Crippen molar-refractivity contribution in [3.05, 3.63) is 59.7 Å². The van der Waals surface area contributed by atoms with Crippen LogP contribution in [0.1, 0.15) is 57.5 Å². The minimum atomic E-state index is -0.682. The van der Waals surface area contributed by atoms with Crippen LogP contribution in [0.5, 0.6) is 0 Å². The van der Waals surface area contributed by atoms with Gasteiger partial charge in [0.1, 0.15) is 12.4 Å². The van der Waals surface area contributed by atoms with Gasteiger partial charge in [0.05, 0.1) is 11.1 Å². The van der Waals surface area contributed by atoms with Gasteiger partial charge in [0.25, 0.3) is 0 Å². The zero-order valence-electron chi connectivity index (χ0n) is 20.4. The van der Waals surface area contributed by atoms with Crippen LogP contribution in [-0.2, 0) is 20.9 Å². The SMILES string of the molecule is CC(C)(C)C(=O)Nc1nc(NC(=O)C(C)(C)C)c2cc(C(=O)OCc3ccccc3)ccc2n1. The van der Waals surface area contributed by atoms with E-state index in [0.717, 1.165) is 5.56 Å². The smallest absolute Gasteiger partial charge is 0.338 e. The number of carbonyl (C=O) groups is 3. The maximum atomic E-state index is 12.7. The van der Waals surface area contributed by atoms with Crippen LogP contribution in [0.2, 0.25) is 0 Å². The second kappa shape index (κ2) is 9.59. The predicted molar refractivity (Wildman–Crippen MR) is 131 cm³/mol. The lowest BCUT2D eigenvalue weighted by Gasteiger charge is -2.20. The van der Waals surface area contributed by atoms with E-state index in [0.29, 0.717) is 16.5 Å². The van der Waals surface area contributed by atoms with Gasteiger partial charge in [0.2, 0.25) is 17.8 Å². The summed E-state index contributed by atoms with van der Waals surface area (Å²) in [6.07, 6.45) is 0. The number of aromatic nitrogens is 2. The van der Waals surface area contributed by atoms with Crippen LogP contribution >= 0.6 is 0 Å². The van der Waals surface area contributed by atoms with Gasteiger partial charge in [-0.2, -0.15) is 4.98 Å². The van der Waals surface area contributed by atoms with Gasteiger partial charge in [0, 0.05) is 16.2 Å². The summed E-state index contributed by atoms with van der Waals surface area (Å²) in [4.78, 5) is 46.6. The van der Waals surface area contributed by atoms with E-state index in [1.807, 2.05) is 30.3 Å². The first-order valence-corrected chi connectivity index (χ1v) is 11.0. The maximum absolute atomic E-state index is 12.7. The molecule has 3 aromatic rings. The number of carbonyl (C=O) groups excluding carboxylic acids is 3. The molecule has 0 fully saturated rings. The second-order valence-corrected chi connectivity index (χ2v) is 10.1. The van der Waals surface area contributed by atoms with E-state index in [-0.39, 0.29) is 30.2 Å². The molecule has 0 unspecified atom stereocenters. The molecule has 0 aliphatic heterocycles. The van der Waals surface area contributed by atoms with Gasteiger partial charge in [0.15, 0.2) is 0 Å². The molecule has 3 rings (SSSR count). The molecule has 0 spiro atoms. The minimum Gasteiger partial charge on any atom is -0.457 e.